The molecule has 1 aliphatic carbocycles. The van der Waals surface area contributed by atoms with Gasteiger partial charge in [-0.25, -0.2) is 0 Å². The van der Waals surface area contributed by atoms with Gasteiger partial charge in [-0.05, 0) is 55.8 Å². The summed E-state index contributed by atoms with van der Waals surface area (Å²) in [6.07, 6.45) is 4.17. The SMILES string of the molecule is CN(Cc1cccc(Br)c1)C(=O)C1CCC(CN)CC1. The van der Waals surface area contributed by atoms with E-state index in [0.29, 0.717) is 12.5 Å². The fourth-order valence-corrected chi connectivity index (χ4v) is 3.39. The van der Waals surface area contributed by atoms with E-state index in [4.69, 9.17) is 5.73 Å². The lowest BCUT2D eigenvalue weighted by Gasteiger charge is -2.30. The predicted octanol–water partition coefficient (Wildman–Crippen LogP) is 3.17. The van der Waals surface area contributed by atoms with Crippen LogP contribution in [0.4, 0.5) is 0 Å². The highest BCUT2D eigenvalue weighted by molar-refractivity contribution is 9.10. The topological polar surface area (TPSA) is 46.3 Å². The number of rotatable bonds is 4. The molecule has 1 aromatic carbocycles. The highest BCUT2D eigenvalue weighted by Crippen LogP contribution is 2.29. The minimum Gasteiger partial charge on any atom is -0.341 e. The standard InChI is InChI=1S/C16H23BrN2O/c1-19(11-13-3-2-4-15(17)9-13)16(20)14-7-5-12(10-18)6-8-14/h2-4,9,12,14H,5-8,10-11,18H2,1H3. The summed E-state index contributed by atoms with van der Waals surface area (Å²) < 4.78 is 1.05. The molecule has 0 radical (unpaired) electrons. The number of halogens is 1. The Balaban J connectivity index is 1.89. The van der Waals surface area contributed by atoms with Crippen LogP contribution in [-0.4, -0.2) is 24.4 Å². The maximum atomic E-state index is 12.5. The largest absolute Gasteiger partial charge is 0.341 e. The van der Waals surface area contributed by atoms with Crippen molar-refractivity contribution < 1.29 is 4.79 Å². The third kappa shape index (κ3) is 4.06. The van der Waals surface area contributed by atoms with Crippen molar-refractivity contribution in [2.24, 2.45) is 17.6 Å². The number of nitrogens with zero attached hydrogens (tertiary/aromatic N) is 1. The van der Waals surface area contributed by atoms with Crippen LogP contribution in [0.2, 0.25) is 0 Å². The third-order valence-electron chi connectivity index (χ3n) is 4.21. The first kappa shape index (κ1) is 15.5. The van der Waals surface area contributed by atoms with Gasteiger partial charge in [0.25, 0.3) is 0 Å². The van der Waals surface area contributed by atoms with E-state index >= 15 is 0 Å². The summed E-state index contributed by atoms with van der Waals surface area (Å²) in [4.78, 5) is 14.3. The van der Waals surface area contributed by atoms with Gasteiger partial charge < -0.3 is 10.6 Å². The average Bonchev–Trinajstić information content (AvgIpc) is 2.46. The summed E-state index contributed by atoms with van der Waals surface area (Å²) in [7, 11) is 1.90. The molecule has 0 spiro atoms. The highest BCUT2D eigenvalue weighted by Gasteiger charge is 2.27. The van der Waals surface area contributed by atoms with E-state index in [0.717, 1.165) is 42.3 Å². The van der Waals surface area contributed by atoms with Crippen molar-refractivity contribution in [3.05, 3.63) is 34.3 Å². The maximum Gasteiger partial charge on any atom is 0.225 e. The second-order valence-corrected chi connectivity index (χ2v) is 6.69. The Morgan fingerprint density at radius 3 is 2.65 bits per heavy atom. The van der Waals surface area contributed by atoms with Gasteiger partial charge in [0.15, 0.2) is 0 Å². The molecule has 20 heavy (non-hydrogen) atoms. The van der Waals surface area contributed by atoms with E-state index in [9.17, 15) is 4.79 Å². The van der Waals surface area contributed by atoms with Crippen LogP contribution >= 0.6 is 15.9 Å². The van der Waals surface area contributed by atoms with Gasteiger partial charge in [0.2, 0.25) is 5.91 Å². The Morgan fingerprint density at radius 2 is 2.05 bits per heavy atom. The van der Waals surface area contributed by atoms with Crippen LogP contribution in [-0.2, 0) is 11.3 Å². The Bertz CT molecular complexity index is 456. The molecule has 0 unspecified atom stereocenters. The van der Waals surface area contributed by atoms with Gasteiger partial charge in [0.1, 0.15) is 0 Å². The molecule has 2 N–H and O–H groups in total. The molecule has 4 heteroatoms. The molecular weight excluding hydrogens is 316 g/mol. The lowest BCUT2D eigenvalue weighted by atomic mass is 9.81. The first-order valence-corrected chi connectivity index (χ1v) is 8.09. The first-order valence-electron chi connectivity index (χ1n) is 7.29. The molecule has 0 atom stereocenters. The molecule has 1 aliphatic rings. The molecule has 110 valence electrons. The summed E-state index contributed by atoms with van der Waals surface area (Å²) in [5, 5.41) is 0. The molecule has 1 saturated carbocycles. The molecule has 1 aromatic rings. The lowest BCUT2D eigenvalue weighted by Crippen LogP contribution is -2.35. The normalized spacial score (nSPS) is 22.6. The van der Waals surface area contributed by atoms with Crippen molar-refractivity contribution in [3.8, 4) is 0 Å². The summed E-state index contributed by atoms with van der Waals surface area (Å²) in [5.74, 6) is 1.09. The quantitative estimate of drug-likeness (QED) is 0.916. The molecule has 1 amide bonds. The highest BCUT2D eigenvalue weighted by atomic mass is 79.9. The summed E-state index contributed by atoms with van der Waals surface area (Å²) >= 11 is 3.46. The first-order chi connectivity index (χ1) is 9.60. The second-order valence-electron chi connectivity index (χ2n) is 5.78. The van der Waals surface area contributed by atoms with Crippen LogP contribution < -0.4 is 5.73 Å². The van der Waals surface area contributed by atoms with E-state index in [1.54, 1.807) is 0 Å². The zero-order chi connectivity index (χ0) is 14.5. The van der Waals surface area contributed by atoms with E-state index in [1.807, 2.05) is 24.1 Å². The zero-order valence-electron chi connectivity index (χ0n) is 12.0. The number of carbonyl (C=O) groups is 1. The molecule has 2 rings (SSSR count). The van der Waals surface area contributed by atoms with Crippen molar-refractivity contribution >= 4 is 21.8 Å². The maximum absolute atomic E-state index is 12.5. The Kier molecular flexibility index (Phi) is 5.61. The number of carbonyl (C=O) groups excluding carboxylic acids is 1. The number of hydrogen-bond donors (Lipinski definition) is 1. The summed E-state index contributed by atoms with van der Waals surface area (Å²) in [6.45, 7) is 1.43. The predicted molar refractivity (Wildman–Crippen MR) is 85.1 cm³/mol. The van der Waals surface area contributed by atoms with Gasteiger partial charge in [-0.15, -0.1) is 0 Å². The van der Waals surface area contributed by atoms with Gasteiger partial charge in [0.05, 0.1) is 0 Å². The molecule has 0 bridgehead atoms. The number of nitrogens with two attached hydrogens (primary N) is 1. The van der Waals surface area contributed by atoms with Crippen LogP contribution in [0.3, 0.4) is 0 Å². The molecule has 0 saturated heterocycles. The minimum atomic E-state index is 0.190. The molecule has 3 nitrogen and oxygen atoms in total. The Hall–Kier alpha value is -0.870. The number of amides is 1. The van der Waals surface area contributed by atoms with Crippen molar-refractivity contribution in [1.29, 1.82) is 0 Å². The minimum absolute atomic E-state index is 0.190. The Labute approximate surface area is 129 Å². The average molecular weight is 339 g/mol. The van der Waals surface area contributed by atoms with Gasteiger partial charge in [-0.2, -0.15) is 0 Å². The molecule has 0 aromatic heterocycles. The molecule has 1 fully saturated rings. The van der Waals surface area contributed by atoms with E-state index in [2.05, 4.69) is 28.1 Å². The Morgan fingerprint density at radius 1 is 1.35 bits per heavy atom. The summed E-state index contributed by atoms with van der Waals surface area (Å²) in [5.41, 5.74) is 6.86. The fraction of sp³-hybridized carbons (Fsp3) is 0.562. The van der Waals surface area contributed by atoms with Gasteiger partial charge >= 0.3 is 0 Å². The number of hydrogen-bond acceptors (Lipinski definition) is 2. The molecular formula is C16H23BrN2O. The number of benzene rings is 1. The fourth-order valence-electron chi connectivity index (χ4n) is 2.94. The van der Waals surface area contributed by atoms with Crippen molar-refractivity contribution in [2.75, 3.05) is 13.6 Å². The van der Waals surface area contributed by atoms with Crippen molar-refractivity contribution in [2.45, 2.75) is 32.2 Å². The third-order valence-corrected chi connectivity index (χ3v) is 4.71. The molecule has 0 aliphatic heterocycles. The van der Waals surface area contributed by atoms with Crippen molar-refractivity contribution in [1.82, 2.24) is 4.90 Å². The van der Waals surface area contributed by atoms with Crippen LogP contribution in [0.25, 0.3) is 0 Å². The van der Waals surface area contributed by atoms with Crippen LogP contribution in [0.1, 0.15) is 31.2 Å². The summed E-state index contributed by atoms with van der Waals surface area (Å²) in [6, 6.07) is 8.12. The van der Waals surface area contributed by atoms with Crippen molar-refractivity contribution in [3.63, 3.8) is 0 Å². The second kappa shape index (κ2) is 7.23. The van der Waals surface area contributed by atoms with E-state index in [-0.39, 0.29) is 11.8 Å². The van der Waals surface area contributed by atoms with Gasteiger partial charge in [-0.3, -0.25) is 4.79 Å². The van der Waals surface area contributed by atoms with Gasteiger partial charge in [0, 0.05) is 24.0 Å². The van der Waals surface area contributed by atoms with Crippen LogP contribution in [0.15, 0.2) is 28.7 Å². The van der Waals surface area contributed by atoms with Crippen LogP contribution in [0, 0.1) is 11.8 Å². The molecule has 0 heterocycles. The lowest BCUT2D eigenvalue weighted by molar-refractivity contribution is -0.136. The zero-order valence-corrected chi connectivity index (χ0v) is 13.6. The van der Waals surface area contributed by atoms with E-state index < -0.39 is 0 Å². The van der Waals surface area contributed by atoms with Gasteiger partial charge in [-0.1, -0.05) is 28.1 Å². The monoisotopic (exact) mass is 338 g/mol. The van der Waals surface area contributed by atoms with Crippen LogP contribution in [0.5, 0.6) is 0 Å². The van der Waals surface area contributed by atoms with E-state index in [1.165, 1.54) is 0 Å². The smallest absolute Gasteiger partial charge is 0.225 e.